The van der Waals surface area contributed by atoms with Crippen molar-refractivity contribution >= 4 is 11.4 Å². The highest BCUT2D eigenvalue weighted by Crippen LogP contribution is 2.15. The minimum absolute atomic E-state index is 0.773. The van der Waals surface area contributed by atoms with Crippen LogP contribution in [0.4, 0.5) is 11.4 Å². The number of nitrogens with zero attached hydrogens (tertiary/aromatic N) is 2. The molecule has 4 N–H and O–H groups in total. The van der Waals surface area contributed by atoms with E-state index in [1.54, 1.807) is 0 Å². The number of hydrogen-bond donors (Lipinski definition) is 3. The van der Waals surface area contributed by atoms with Gasteiger partial charge >= 0.3 is 0 Å². The van der Waals surface area contributed by atoms with Crippen molar-refractivity contribution in [1.29, 1.82) is 0 Å². The number of benzene rings is 1. The molecule has 1 aromatic carbocycles. The number of anilines is 2. The lowest BCUT2D eigenvalue weighted by molar-refractivity contribution is -0.557. The summed E-state index contributed by atoms with van der Waals surface area (Å²) in [6.45, 7) is 3.95. The second-order valence-electron chi connectivity index (χ2n) is 4.42. The normalized spacial score (nSPS) is 10.3. The molecule has 104 valence electrons. The van der Waals surface area contributed by atoms with Crippen LogP contribution in [-0.2, 0) is 0 Å². The molecule has 0 saturated heterocycles. The van der Waals surface area contributed by atoms with Crippen LogP contribution >= 0.6 is 0 Å². The van der Waals surface area contributed by atoms with Crippen LogP contribution in [0.25, 0.3) is 0 Å². The average Bonchev–Trinajstić information content (AvgIpc) is 2.42. The van der Waals surface area contributed by atoms with Gasteiger partial charge in [-0.3, -0.25) is 10.9 Å². The molecule has 0 amide bonds. The van der Waals surface area contributed by atoms with Crippen LogP contribution in [0.3, 0.4) is 0 Å². The van der Waals surface area contributed by atoms with Gasteiger partial charge in [0.1, 0.15) is 12.0 Å². The van der Waals surface area contributed by atoms with E-state index in [9.17, 15) is 0 Å². The predicted octanol–water partition coefficient (Wildman–Crippen LogP) is 0.737. The van der Waals surface area contributed by atoms with Gasteiger partial charge in [0.15, 0.2) is 0 Å². The monoisotopic (exact) mass is 262 g/mol. The molecule has 5 nitrogen and oxygen atoms in total. The van der Waals surface area contributed by atoms with Gasteiger partial charge in [0, 0.05) is 26.8 Å². The third-order valence-corrected chi connectivity index (χ3v) is 2.66. The maximum Gasteiger partial charge on any atom is 0.117 e. The molecule has 5 heteroatoms. The Morgan fingerprint density at radius 1 is 1.21 bits per heavy atom. The summed E-state index contributed by atoms with van der Waals surface area (Å²) in [5, 5.41) is 1.97. The summed E-state index contributed by atoms with van der Waals surface area (Å²) in [5.74, 6) is 0.773. The average molecular weight is 262 g/mol. The van der Waals surface area contributed by atoms with E-state index < -0.39 is 0 Å². The van der Waals surface area contributed by atoms with Gasteiger partial charge in [-0.05, 0) is 24.3 Å². The Morgan fingerprint density at radius 3 is 2.37 bits per heavy atom. The second kappa shape index (κ2) is 7.33. The van der Waals surface area contributed by atoms with Gasteiger partial charge in [-0.2, -0.15) is 0 Å². The molecular weight excluding hydrogens is 238 g/mol. The fraction of sp³-hybridized carbons (Fsp3) is 0.286. The van der Waals surface area contributed by atoms with Crippen LogP contribution in [0.15, 0.2) is 49.1 Å². The van der Waals surface area contributed by atoms with Gasteiger partial charge in [0.25, 0.3) is 0 Å². The number of nitrogens with one attached hydrogen (secondary N) is 2. The minimum Gasteiger partial charge on any atom is -0.378 e. The maximum absolute atomic E-state index is 3.95. The van der Waals surface area contributed by atoms with Gasteiger partial charge in [-0.15, -0.1) is 0 Å². The number of rotatable bonds is 7. The zero-order valence-electron chi connectivity index (χ0n) is 12.1. The van der Waals surface area contributed by atoms with Crippen molar-refractivity contribution in [2.24, 2.45) is 0 Å². The zero-order valence-corrected chi connectivity index (χ0v) is 12.1. The molecule has 19 heavy (non-hydrogen) atoms. The smallest absolute Gasteiger partial charge is 0.117 e. The van der Waals surface area contributed by atoms with Gasteiger partial charge in [0.05, 0.1) is 18.9 Å². The first-order chi connectivity index (χ1) is 9.04. The summed E-state index contributed by atoms with van der Waals surface area (Å²) in [5.41, 5.74) is 8.33. The molecule has 0 fully saturated rings. The molecule has 0 heterocycles. The Labute approximate surface area is 115 Å². The topological polar surface area (TPSA) is 47.1 Å². The fourth-order valence-corrected chi connectivity index (χ4v) is 1.38. The molecule has 0 unspecified atom stereocenters. The van der Waals surface area contributed by atoms with Gasteiger partial charge in [-0.1, -0.05) is 6.58 Å². The van der Waals surface area contributed by atoms with Crippen LogP contribution in [0.1, 0.15) is 0 Å². The van der Waals surface area contributed by atoms with E-state index in [1.807, 2.05) is 62.9 Å². The van der Waals surface area contributed by atoms with E-state index in [-0.39, 0.29) is 0 Å². The summed E-state index contributed by atoms with van der Waals surface area (Å²) in [7, 11) is 7.96. The largest absolute Gasteiger partial charge is 0.378 e. The Morgan fingerprint density at radius 2 is 1.84 bits per heavy atom. The molecule has 1 rings (SSSR count). The molecule has 0 aliphatic carbocycles. The molecule has 0 aromatic heterocycles. The number of hydrogen-bond acceptors (Lipinski definition) is 4. The molecule has 0 aliphatic rings. The molecule has 0 atom stereocenters. The maximum atomic E-state index is 3.95. The minimum atomic E-state index is 0.773. The van der Waals surface area contributed by atoms with E-state index in [0.717, 1.165) is 11.5 Å². The van der Waals surface area contributed by atoms with Crippen molar-refractivity contribution in [2.45, 2.75) is 0 Å². The van der Waals surface area contributed by atoms with E-state index in [1.165, 1.54) is 5.69 Å². The van der Waals surface area contributed by atoms with Crippen molar-refractivity contribution in [3.8, 4) is 0 Å². The van der Waals surface area contributed by atoms with E-state index in [0.29, 0.717) is 0 Å². The van der Waals surface area contributed by atoms with Crippen molar-refractivity contribution in [3.05, 3.63) is 49.1 Å². The molecule has 1 aromatic rings. The standard InChI is InChI=1S/C14H23N5/c1-12(19(5)11-10-15-2)16-17-13-6-8-14(9-7-13)18(3)4/h6-11,15-17H,1H2,2-5H3/p+1. The van der Waals surface area contributed by atoms with Gasteiger partial charge < -0.3 is 15.1 Å². The Balaban J connectivity index is 2.48. The third kappa shape index (κ3) is 4.93. The van der Waals surface area contributed by atoms with E-state index in [2.05, 4.69) is 34.5 Å². The van der Waals surface area contributed by atoms with Crippen molar-refractivity contribution in [3.63, 3.8) is 0 Å². The second-order valence-corrected chi connectivity index (χ2v) is 4.42. The molecule has 0 saturated carbocycles. The number of hydrazine groups is 1. The Kier molecular flexibility index (Phi) is 5.75. The molecule has 0 aliphatic heterocycles. The van der Waals surface area contributed by atoms with Crippen molar-refractivity contribution in [2.75, 3.05) is 38.5 Å². The Bertz CT molecular complexity index is 422. The fourth-order valence-electron chi connectivity index (χ4n) is 1.38. The predicted molar refractivity (Wildman–Crippen MR) is 81.4 cm³/mol. The van der Waals surface area contributed by atoms with Gasteiger partial charge in [-0.25, -0.2) is 0 Å². The highest BCUT2D eigenvalue weighted by molar-refractivity contribution is 5.54. The summed E-state index contributed by atoms with van der Waals surface area (Å²) in [6.07, 6.45) is 3.89. The zero-order chi connectivity index (χ0) is 14.3. The molecule has 0 spiro atoms. The third-order valence-electron chi connectivity index (χ3n) is 2.66. The lowest BCUT2D eigenvalue weighted by Crippen LogP contribution is -2.72. The first-order valence-corrected chi connectivity index (χ1v) is 6.22. The van der Waals surface area contributed by atoms with Crippen molar-refractivity contribution in [1.82, 2.24) is 10.3 Å². The number of nitrogens with two attached hydrogens (primary N) is 1. The van der Waals surface area contributed by atoms with Crippen LogP contribution < -0.4 is 21.1 Å². The first-order valence-electron chi connectivity index (χ1n) is 6.22. The summed E-state index contributed by atoms with van der Waals surface area (Å²) in [6, 6.07) is 8.15. The van der Waals surface area contributed by atoms with E-state index >= 15 is 0 Å². The summed E-state index contributed by atoms with van der Waals surface area (Å²) < 4.78 is 0. The summed E-state index contributed by atoms with van der Waals surface area (Å²) in [4.78, 5) is 3.97. The Hall–Kier alpha value is -2.14. The van der Waals surface area contributed by atoms with Crippen LogP contribution in [0, 0.1) is 0 Å². The van der Waals surface area contributed by atoms with Crippen LogP contribution in [0.2, 0.25) is 0 Å². The number of quaternary nitrogens is 1. The van der Waals surface area contributed by atoms with E-state index in [4.69, 9.17) is 0 Å². The molecule has 0 bridgehead atoms. The van der Waals surface area contributed by atoms with Crippen LogP contribution in [-0.4, -0.2) is 33.1 Å². The van der Waals surface area contributed by atoms with Crippen molar-refractivity contribution < 1.29 is 5.32 Å². The first kappa shape index (κ1) is 14.9. The SMILES string of the molecule is C=C(NNc1ccc(N(C)C)cc1)N(C)C=C[NH2+]C. The molecular formula is C14H24N5+. The summed E-state index contributed by atoms with van der Waals surface area (Å²) >= 11 is 0. The molecule has 0 radical (unpaired) electrons. The highest BCUT2D eigenvalue weighted by Gasteiger charge is 1.99. The van der Waals surface area contributed by atoms with Gasteiger partial charge in [0.2, 0.25) is 0 Å². The van der Waals surface area contributed by atoms with Crippen LogP contribution in [0.5, 0.6) is 0 Å². The highest BCUT2D eigenvalue weighted by atomic mass is 15.4. The lowest BCUT2D eigenvalue weighted by atomic mass is 10.3. The quantitative estimate of drug-likeness (QED) is 0.634. The lowest BCUT2D eigenvalue weighted by Gasteiger charge is -2.19.